The fourth-order valence-corrected chi connectivity index (χ4v) is 4.19. The van der Waals surface area contributed by atoms with E-state index in [2.05, 4.69) is 45.5 Å². The van der Waals surface area contributed by atoms with Crippen molar-refractivity contribution in [1.29, 1.82) is 5.26 Å². The molecule has 0 spiro atoms. The van der Waals surface area contributed by atoms with Gasteiger partial charge in [0.1, 0.15) is 24.0 Å². The van der Waals surface area contributed by atoms with Crippen LogP contribution in [-0.4, -0.2) is 19.6 Å². The number of nitrogens with one attached hydrogen (secondary N) is 1. The molecule has 0 atom stereocenters. The second-order valence-corrected chi connectivity index (χ2v) is 8.93. The van der Waals surface area contributed by atoms with Crippen LogP contribution in [-0.2, 0) is 11.4 Å². The lowest BCUT2D eigenvalue weighted by atomic mass is 10.1. The Balaban J connectivity index is 1.52. The molecule has 0 fully saturated rings. The maximum absolute atomic E-state index is 12.8. The number of nitrogens with zero attached hydrogens (tertiary/aromatic N) is 1. The maximum Gasteiger partial charge on any atom is 0.266 e. The smallest absolute Gasteiger partial charge is 0.266 e. The molecule has 0 saturated carbocycles. The topological polar surface area (TPSA) is 80.6 Å². The van der Waals surface area contributed by atoms with Crippen molar-refractivity contribution in [2.45, 2.75) is 13.5 Å². The van der Waals surface area contributed by atoms with Gasteiger partial charge in [0.2, 0.25) is 0 Å². The summed E-state index contributed by atoms with van der Waals surface area (Å²) in [5, 5.41) is 14.7. The maximum atomic E-state index is 12.8. The van der Waals surface area contributed by atoms with Crippen LogP contribution in [0.1, 0.15) is 18.1 Å². The van der Waals surface area contributed by atoms with Gasteiger partial charge in [-0.1, -0.05) is 58.4 Å². The SMILES string of the molecule is CCOc1cccc(NC(=O)/C(C#N)=C\c2cc(OC)c(OCc3ccc4ccccc4c3)cc2Br)c1. The molecule has 37 heavy (non-hydrogen) atoms. The largest absolute Gasteiger partial charge is 0.494 e. The highest BCUT2D eigenvalue weighted by atomic mass is 79.9. The van der Waals surface area contributed by atoms with Gasteiger partial charge in [-0.3, -0.25) is 4.79 Å². The van der Waals surface area contributed by atoms with Crippen LogP contribution in [0.3, 0.4) is 0 Å². The van der Waals surface area contributed by atoms with Crippen molar-refractivity contribution in [3.8, 4) is 23.3 Å². The quantitative estimate of drug-likeness (QED) is 0.175. The number of nitriles is 1. The Labute approximate surface area is 224 Å². The van der Waals surface area contributed by atoms with E-state index >= 15 is 0 Å². The van der Waals surface area contributed by atoms with Crippen molar-refractivity contribution in [2.75, 3.05) is 19.0 Å². The molecule has 0 unspecified atom stereocenters. The third-order valence-corrected chi connectivity index (χ3v) is 6.25. The summed E-state index contributed by atoms with van der Waals surface area (Å²) >= 11 is 3.53. The molecule has 0 aliphatic carbocycles. The van der Waals surface area contributed by atoms with Crippen molar-refractivity contribution in [2.24, 2.45) is 0 Å². The van der Waals surface area contributed by atoms with Crippen LogP contribution in [0.25, 0.3) is 16.8 Å². The summed E-state index contributed by atoms with van der Waals surface area (Å²) in [6.45, 7) is 2.75. The Bertz CT molecular complexity index is 1510. The van der Waals surface area contributed by atoms with Crippen LogP contribution in [0.15, 0.2) is 88.9 Å². The highest BCUT2D eigenvalue weighted by Gasteiger charge is 2.14. The van der Waals surface area contributed by atoms with Gasteiger partial charge >= 0.3 is 0 Å². The van der Waals surface area contributed by atoms with Crippen LogP contribution in [0.2, 0.25) is 0 Å². The molecular formula is C30H25BrN2O4. The predicted molar refractivity (Wildman–Crippen MR) is 149 cm³/mol. The molecule has 4 aromatic rings. The van der Waals surface area contributed by atoms with Crippen LogP contribution < -0.4 is 19.5 Å². The average Bonchev–Trinajstić information content (AvgIpc) is 2.91. The van der Waals surface area contributed by atoms with Gasteiger partial charge in [0.25, 0.3) is 5.91 Å². The summed E-state index contributed by atoms with van der Waals surface area (Å²) in [6.07, 6.45) is 1.50. The van der Waals surface area contributed by atoms with Gasteiger partial charge in [0.05, 0.1) is 13.7 Å². The second-order valence-electron chi connectivity index (χ2n) is 8.08. The van der Waals surface area contributed by atoms with Gasteiger partial charge in [-0.2, -0.15) is 5.26 Å². The van der Waals surface area contributed by atoms with Crippen LogP contribution in [0.4, 0.5) is 5.69 Å². The van der Waals surface area contributed by atoms with Crippen LogP contribution >= 0.6 is 15.9 Å². The lowest BCUT2D eigenvalue weighted by molar-refractivity contribution is -0.112. The molecular weight excluding hydrogens is 532 g/mol. The minimum absolute atomic E-state index is 0.0607. The Hall–Kier alpha value is -4.28. The first-order valence-corrected chi connectivity index (χ1v) is 12.4. The van der Waals surface area contributed by atoms with E-state index in [0.717, 1.165) is 10.9 Å². The Kier molecular flexibility index (Phi) is 8.44. The van der Waals surface area contributed by atoms with Crippen molar-refractivity contribution >= 4 is 44.4 Å². The summed E-state index contributed by atoms with van der Waals surface area (Å²) in [7, 11) is 1.54. The van der Waals surface area contributed by atoms with Crippen molar-refractivity contribution < 1.29 is 19.0 Å². The Morgan fingerprint density at radius 1 is 0.973 bits per heavy atom. The van der Waals surface area contributed by atoms with Crippen molar-refractivity contribution in [1.82, 2.24) is 0 Å². The van der Waals surface area contributed by atoms with E-state index in [-0.39, 0.29) is 5.57 Å². The molecule has 186 valence electrons. The molecule has 0 radical (unpaired) electrons. The van der Waals surface area contributed by atoms with E-state index in [9.17, 15) is 10.1 Å². The number of ether oxygens (including phenoxy) is 3. The van der Waals surface area contributed by atoms with Crippen molar-refractivity contribution in [3.63, 3.8) is 0 Å². The van der Waals surface area contributed by atoms with E-state index in [1.807, 2.05) is 31.2 Å². The molecule has 1 N–H and O–H groups in total. The number of anilines is 1. The highest BCUT2D eigenvalue weighted by Crippen LogP contribution is 2.35. The zero-order valence-electron chi connectivity index (χ0n) is 20.5. The third kappa shape index (κ3) is 6.49. The molecule has 6 nitrogen and oxygen atoms in total. The number of carbonyl (C=O) groups is 1. The minimum atomic E-state index is -0.529. The first-order chi connectivity index (χ1) is 18.0. The molecule has 7 heteroatoms. The normalized spacial score (nSPS) is 11.0. The van der Waals surface area contributed by atoms with E-state index < -0.39 is 5.91 Å². The first kappa shape index (κ1) is 25.8. The van der Waals surface area contributed by atoms with E-state index in [4.69, 9.17) is 14.2 Å². The zero-order chi connectivity index (χ0) is 26.2. The lowest BCUT2D eigenvalue weighted by Crippen LogP contribution is -2.13. The fourth-order valence-electron chi connectivity index (χ4n) is 3.76. The van der Waals surface area contributed by atoms with Gasteiger partial charge in [0, 0.05) is 16.2 Å². The summed E-state index contributed by atoms with van der Waals surface area (Å²) in [5.74, 6) is 1.13. The van der Waals surface area contributed by atoms with Crippen molar-refractivity contribution in [3.05, 3.63) is 100 Å². The van der Waals surface area contributed by atoms with Gasteiger partial charge in [-0.15, -0.1) is 0 Å². The van der Waals surface area contributed by atoms with E-state index in [1.165, 1.54) is 11.5 Å². The van der Waals surface area contributed by atoms with Gasteiger partial charge < -0.3 is 19.5 Å². The second kappa shape index (κ2) is 12.1. The molecule has 0 saturated heterocycles. The summed E-state index contributed by atoms with van der Waals surface area (Å²) < 4.78 is 17.7. The Morgan fingerprint density at radius 2 is 1.78 bits per heavy atom. The van der Waals surface area contributed by atoms with Gasteiger partial charge in [-0.25, -0.2) is 0 Å². The minimum Gasteiger partial charge on any atom is -0.494 e. The van der Waals surface area contributed by atoms with Crippen LogP contribution in [0.5, 0.6) is 17.2 Å². The Morgan fingerprint density at radius 3 is 2.54 bits per heavy atom. The number of hydrogen-bond acceptors (Lipinski definition) is 5. The molecule has 4 rings (SSSR count). The number of hydrogen-bond donors (Lipinski definition) is 1. The molecule has 1 amide bonds. The first-order valence-electron chi connectivity index (χ1n) is 11.6. The lowest BCUT2D eigenvalue weighted by Gasteiger charge is -2.13. The van der Waals surface area contributed by atoms with Gasteiger partial charge in [0.15, 0.2) is 11.5 Å². The molecule has 0 bridgehead atoms. The number of rotatable bonds is 9. The number of methoxy groups -OCH3 is 1. The van der Waals surface area contributed by atoms with Gasteiger partial charge in [-0.05, 0) is 65.2 Å². The summed E-state index contributed by atoms with van der Waals surface area (Å²) in [5.41, 5.74) is 2.10. The number of amides is 1. The summed E-state index contributed by atoms with van der Waals surface area (Å²) in [6, 6.07) is 26.8. The molecule has 4 aromatic carbocycles. The molecule has 0 aromatic heterocycles. The van der Waals surface area contributed by atoms with E-state index in [0.29, 0.717) is 46.2 Å². The number of fused-ring (bicyclic) bond motifs is 1. The highest BCUT2D eigenvalue weighted by molar-refractivity contribution is 9.10. The standard InChI is InChI=1S/C30H25BrN2O4/c1-3-36-26-10-6-9-25(16-26)33-30(34)24(18-32)14-23-15-28(35-2)29(17-27(23)31)37-19-20-11-12-21-7-4-5-8-22(21)13-20/h4-17H,3,19H2,1-2H3,(H,33,34)/b24-14-. The predicted octanol–water partition coefficient (Wildman–Crippen LogP) is 7.13. The van der Waals surface area contributed by atoms with Crippen LogP contribution in [0, 0.1) is 11.3 Å². The average molecular weight is 557 g/mol. The summed E-state index contributed by atoms with van der Waals surface area (Å²) in [4.78, 5) is 12.8. The molecule has 0 aliphatic heterocycles. The fraction of sp³-hybridized carbons (Fsp3) is 0.133. The van der Waals surface area contributed by atoms with E-state index in [1.54, 1.807) is 43.5 Å². The molecule has 0 heterocycles. The number of halogens is 1. The monoisotopic (exact) mass is 556 g/mol. The number of benzene rings is 4. The third-order valence-electron chi connectivity index (χ3n) is 5.56. The molecule has 0 aliphatic rings. The zero-order valence-corrected chi connectivity index (χ0v) is 22.0. The number of carbonyl (C=O) groups excluding carboxylic acids is 1.